The van der Waals surface area contributed by atoms with Crippen molar-refractivity contribution < 1.29 is 9.90 Å². The van der Waals surface area contributed by atoms with Crippen molar-refractivity contribution in [2.75, 3.05) is 26.2 Å². The van der Waals surface area contributed by atoms with E-state index in [-0.39, 0.29) is 17.9 Å². The normalized spacial score (nSPS) is 29.0. The van der Waals surface area contributed by atoms with Crippen LogP contribution in [0.1, 0.15) is 23.6 Å². The van der Waals surface area contributed by atoms with E-state index < -0.39 is 6.10 Å². The molecule has 0 spiro atoms. The lowest BCUT2D eigenvalue weighted by Crippen LogP contribution is -2.38. The van der Waals surface area contributed by atoms with E-state index in [1.54, 1.807) is 0 Å². The molecular weight excluding hydrogens is 266 g/mol. The summed E-state index contributed by atoms with van der Waals surface area (Å²) in [6.45, 7) is 2.57. The predicted molar refractivity (Wildman–Crippen MR) is 80.6 cm³/mol. The van der Waals surface area contributed by atoms with Crippen LogP contribution in [0.2, 0.25) is 0 Å². The molecule has 3 rings (SSSR count). The van der Waals surface area contributed by atoms with Gasteiger partial charge in [0.05, 0.1) is 6.10 Å². The van der Waals surface area contributed by atoms with Crippen LogP contribution < -0.4 is 11.1 Å². The van der Waals surface area contributed by atoms with Gasteiger partial charge >= 0.3 is 0 Å². The summed E-state index contributed by atoms with van der Waals surface area (Å²) in [6, 6.07) is 8.03. The molecule has 0 aliphatic carbocycles. The van der Waals surface area contributed by atoms with Crippen molar-refractivity contribution in [3.63, 3.8) is 0 Å². The minimum absolute atomic E-state index is 0.0272. The third-order valence-corrected chi connectivity index (χ3v) is 4.62. The molecule has 0 radical (unpaired) electrons. The zero-order valence-corrected chi connectivity index (χ0v) is 12.2. The molecule has 0 aromatic heterocycles. The van der Waals surface area contributed by atoms with Gasteiger partial charge in [-0.2, -0.15) is 0 Å². The van der Waals surface area contributed by atoms with Crippen LogP contribution in [0.5, 0.6) is 0 Å². The fourth-order valence-corrected chi connectivity index (χ4v) is 3.31. The molecule has 1 amide bonds. The zero-order chi connectivity index (χ0) is 14.8. The minimum atomic E-state index is -0.410. The Labute approximate surface area is 125 Å². The number of benzene rings is 1. The summed E-state index contributed by atoms with van der Waals surface area (Å²) in [5.41, 5.74) is 8.64. The fourth-order valence-electron chi connectivity index (χ4n) is 3.31. The average molecular weight is 289 g/mol. The quantitative estimate of drug-likeness (QED) is 0.718. The summed E-state index contributed by atoms with van der Waals surface area (Å²) < 4.78 is 0. The number of hydrogen-bond donors (Lipinski definition) is 3. The minimum Gasteiger partial charge on any atom is -0.391 e. The summed E-state index contributed by atoms with van der Waals surface area (Å²) in [4.78, 5) is 14.3. The molecule has 2 aliphatic rings. The molecule has 3 atom stereocenters. The van der Waals surface area contributed by atoms with Crippen molar-refractivity contribution >= 4 is 5.91 Å². The van der Waals surface area contributed by atoms with Crippen LogP contribution in [0.3, 0.4) is 0 Å². The van der Waals surface area contributed by atoms with E-state index in [0.29, 0.717) is 32.6 Å². The number of aliphatic hydroxyl groups is 1. The van der Waals surface area contributed by atoms with Crippen LogP contribution in [-0.2, 0) is 11.2 Å². The van der Waals surface area contributed by atoms with Gasteiger partial charge in [0.25, 0.3) is 0 Å². The number of nitrogens with one attached hydrogen (secondary N) is 1. The molecule has 0 bridgehead atoms. The SMILES string of the molecule is NC1CN(C(=O)C[C@@H]2CNC[C@H]2O)CCc2ccccc21. The van der Waals surface area contributed by atoms with Gasteiger partial charge < -0.3 is 21.1 Å². The number of carbonyl (C=O) groups is 1. The van der Waals surface area contributed by atoms with Gasteiger partial charge in [-0.05, 0) is 17.5 Å². The molecule has 114 valence electrons. The van der Waals surface area contributed by atoms with E-state index in [1.165, 1.54) is 5.56 Å². The lowest BCUT2D eigenvalue weighted by Gasteiger charge is -2.25. The zero-order valence-electron chi connectivity index (χ0n) is 12.2. The van der Waals surface area contributed by atoms with E-state index in [0.717, 1.165) is 12.0 Å². The van der Waals surface area contributed by atoms with Crippen molar-refractivity contribution in [2.24, 2.45) is 11.7 Å². The van der Waals surface area contributed by atoms with Crippen molar-refractivity contribution in [3.05, 3.63) is 35.4 Å². The summed E-state index contributed by atoms with van der Waals surface area (Å²) in [7, 11) is 0. The smallest absolute Gasteiger partial charge is 0.223 e. The molecule has 5 nitrogen and oxygen atoms in total. The molecule has 1 saturated heterocycles. The summed E-state index contributed by atoms with van der Waals surface area (Å²) in [5.74, 6) is 0.130. The van der Waals surface area contributed by atoms with Gasteiger partial charge in [0, 0.05) is 44.6 Å². The van der Waals surface area contributed by atoms with Crippen molar-refractivity contribution in [2.45, 2.75) is 25.0 Å². The molecule has 1 aromatic rings. The highest BCUT2D eigenvalue weighted by Gasteiger charge is 2.30. The van der Waals surface area contributed by atoms with Gasteiger partial charge in [-0.1, -0.05) is 24.3 Å². The van der Waals surface area contributed by atoms with Gasteiger partial charge in [0.15, 0.2) is 0 Å². The maximum atomic E-state index is 12.5. The number of nitrogens with two attached hydrogens (primary N) is 1. The van der Waals surface area contributed by atoms with Gasteiger partial charge in [-0.3, -0.25) is 4.79 Å². The van der Waals surface area contributed by atoms with Crippen molar-refractivity contribution in [3.8, 4) is 0 Å². The van der Waals surface area contributed by atoms with Gasteiger partial charge in [0.1, 0.15) is 0 Å². The van der Waals surface area contributed by atoms with Crippen molar-refractivity contribution in [1.29, 1.82) is 0 Å². The molecule has 1 fully saturated rings. The van der Waals surface area contributed by atoms with Crippen LogP contribution in [-0.4, -0.2) is 48.2 Å². The van der Waals surface area contributed by atoms with E-state index >= 15 is 0 Å². The first-order valence-corrected chi connectivity index (χ1v) is 7.65. The highest BCUT2D eigenvalue weighted by atomic mass is 16.3. The molecule has 1 aromatic carbocycles. The number of carbonyl (C=O) groups excluding carboxylic acids is 1. The molecule has 0 saturated carbocycles. The Balaban J connectivity index is 1.66. The van der Waals surface area contributed by atoms with Gasteiger partial charge in [-0.15, -0.1) is 0 Å². The molecule has 5 heteroatoms. The Kier molecular flexibility index (Phi) is 4.24. The lowest BCUT2D eigenvalue weighted by atomic mass is 10.0. The third-order valence-electron chi connectivity index (χ3n) is 4.62. The van der Waals surface area contributed by atoms with Crippen LogP contribution in [0.15, 0.2) is 24.3 Å². The molecular formula is C16H23N3O2. The Morgan fingerprint density at radius 1 is 1.38 bits per heavy atom. The maximum absolute atomic E-state index is 12.5. The molecule has 2 aliphatic heterocycles. The number of amides is 1. The average Bonchev–Trinajstić information content (AvgIpc) is 2.80. The molecule has 4 N–H and O–H groups in total. The Morgan fingerprint density at radius 3 is 2.95 bits per heavy atom. The van der Waals surface area contributed by atoms with E-state index in [4.69, 9.17) is 5.73 Å². The number of β-amino-alcohol motifs (C(OH)–C–C–N with tert-alkyl or cyclic N) is 1. The van der Waals surface area contributed by atoms with Gasteiger partial charge in [-0.25, -0.2) is 0 Å². The Bertz CT molecular complexity index is 520. The number of aliphatic hydroxyl groups excluding tert-OH is 1. The number of hydrogen-bond acceptors (Lipinski definition) is 4. The first-order valence-electron chi connectivity index (χ1n) is 7.65. The van der Waals surface area contributed by atoms with Crippen LogP contribution in [0.4, 0.5) is 0 Å². The highest BCUT2D eigenvalue weighted by Crippen LogP contribution is 2.23. The van der Waals surface area contributed by atoms with Crippen molar-refractivity contribution in [1.82, 2.24) is 10.2 Å². The first kappa shape index (κ1) is 14.5. The van der Waals surface area contributed by atoms with E-state index in [2.05, 4.69) is 17.4 Å². The number of rotatable bonds is 2. The number of fused-ring (bicyclic) bond motifs is 1. The summed E-state index contributed by atoms with van der Waals surface area (Å²) in [6.07, 6.45) is 0.838. The standard InChI is InChI=1S/C16H23N3O2/c17-14-10-19(6-5-11-3-1-2-4-13(11)14)16(21)7-12-8-18-9-15(12)20/h1-4,12,14-15,18,20H,5-10,17H2/t12-,14?,15-/m1/s1. The molecule has 1 unspecified atom stereocenters. The second-order valence-corrected chi connectivity index (χ2v) is 6.08. The van der Waals surface area contributed by atoms with E-state index in [9.17, 15) is 9.90 Å². The first-order chi connectivity index (χ1) is 10.1. The van der Waals surface area contributed by atoms with E-state index in [1.807, 2.05) is 17.0 Å². The second kappa shape index (κ2) is 6.13. The monoisotopic (exact) mass is 289 g/mol. The largest absolute Gasteiger partial charge is 0.391 e. The topological polar surface area (TPSA) is 78.6 Å². The van der Waals surface area contributed by atoms with Gasteiger partial charge in [0.2, 0.25) is 5.91 Å². The van der Waals surface area contributed by atoms with Crippen LogP contribution >= 0.6 is 0 Å². The third kappa shape index (κ3) is 3.10. The second-order valence-electron chi connectivity index (χ2n) is 6.08. The Morgan fingerprint density at radius 2 is 2.19 bits per heavy atom. The van der Waals surface area contributed by atoms with Crippen LogP contribution in [0.25, 0.3) is 0 Å². The highest BCUT2D eigenvalue weighted by molar-refractivity contribution is 5.76. The fraction of sp³-hybridized carbons (Fsp3) is 0.562. The summed E-state index contributed by atoms with van der Waals surface area (Å²) in [5, 5.41) is 12.9. The molecule has 2 heterocycles. The van der Waals surface area contributed by atoms with Crippen LogP contribution in [0, 0.1) is 5.92 Å². The number of nitrogens with zero attached hydrogens (tertiary/aromatic N) is 1. The predicted octanol–water partition coefficient (Wildman–Crippen LogP) is 0.0415. The summed E-state index contributed by atoms with van der Waals surface area (Å²) >= 11 is 0. The lowest BCUT2D eigenvalue weighted by molar-refractivity contribution is -0.133. The molecule has 21 heavy (non-hydrogen) atoms. The Hall–Kier alpha value is -1.43. The maximum Gasteiger partial charge on any atom is 0.223 e.